The van der Waals surface area contributed by atoms with Crippen LogP contribution < -0.4 is 0 Å². The molecule has 2 heteroatoms. The zero-order chi connectivity index (χ0) is 10.4. The highest BCUT2D eigenvalue weighted by atomic mass is 32.2. The second kappa shape index (κ2) is 5.42. The molecule has 0 heterocycles. The third-order valence-electron chi connectivity index (χ3n) is 1.63. The van der Waals surface area contributed by atoms with Gasteiger partial charge >= 0.3 is 0 Å². The maximum absolute atomic E-state index is 5.63. The van der Waals surface area contributed by atoms with Gasteiger partial charge in [0.15, 0.2) is 0 Å². The van der Waals surface area contributed by atoms with Crippen molar-refractivity contribution < 1.29 is 4.74 Å². The largest absolute Gasteiger partial charge is 0.375 e. The molecule has 14 heavy (non-hydrogen) atoms. The Morgan fingerprint density at radius 1 is 1.14 bits per heavy atom. The van der Waals surface area contributed by atoms with E-state index in [-0.39, 0.29) is 5.60 Å². The van der Waals surface area contributed by atoms with Crippen LogP contribution in [0.15, 0.2) is 35.2 Å². The SMILES string of the molecule is CC(C)(C)OCCSc1ccccc1. The second-order valence-electron chi connectivity index (χ2n) is 4.12. The topological polar surface area (TPSA) is 9.23 Å². The Bertz CT molecular complexity index is 251. The van der Waals surface area contributed by atoms with Crippen LogP contribution in [-0.4, -0.2) is 18.0 Å². The molecule has 1 rings (SSSR count). The molecule has 0 spiro atoms. The first-order valence-electron chi connectivity index (χ1n) is 4.90. The van der Waals surface area contributed by atoms with Gasteiger partial charge in [-0.05, 0) is 32.9 Å². The van der Waals surface area contributed by atoms with Crippen molar-refractivity contribution >= 4 is 11.8 Å². The number of hydrogen-bond donors (Lipinski definition) is 0. The van der Waals surface area contributed by atoms with Crippen LogP contribution in [0.25, 0.3) is 0 Å². The quantitative estimate of drug-likeness (QED) is 0.555. The standard InChI is InChI=1S/C12H18OS/c1-12(2,3)13-9-10-14-11-7-5-4-6-8-11/h4-8H,9-10H2,1-3H3. The Morgan fingerprint density at radius 2 is 1.79 bits per heavy atom. The number of hydrogen-bond acceptors (Lipinski definition) is 2. The normalized spacial score (nSPS) is 11.6. The summed E-state index contributed by atoms with van der Waals surface area (Å²) in [6.07, 6.45) is 0. The van der Waals surface area contributed by atoms with Gasteiger partial charge < -0.3 is 4.74 Å². The van der Waals surface area contributed by atoms with Gasteiger partial charge in [0.1, 0.15) is 0 Å². The van der Waals surface area contributed by atoms with Crippen molar-refractivity contribution in [2.45, 2.75) is 31.3 Å². The van der Waals surface area contributed by atoms with Crippen molar-refractivity contribution in [1.29, 1.82) is 0 Å². The minimum Gasteiger partial charge on any atom is -0.375 e. The first kappa shape index (κ1) is 11.6. The van der Waals surface area contributed by atoms with E-state index < -0.39 is 0 Å². The van der Waals surface area contributed by atoms with E-state index in [0.29, 0.717) is 0 Å². The van der Waals surface area contributed by atoms with Gasteiger partial charge in [-0.25, -0.2) is 0 Å². The molecule has 0 atom stereocenters. The van der Waals surface area contributed by atoms with E-state index in [2.05, 4.69) is 45.0 Å². The fraction of sp³-hybridized carbons (Fsp3) is 0.500. The van der Waals surface area contributed by atoms with Gasteiger partial charge in [0.05, 0.1) is 12.2 Å². The summed E-state index contributed by atoms with van der Waals surface area (Å²) in [6, 6.07) is 10.4. The average Bonchev–Trinajstić information content (AvgIpc) is 2.13. The van der Waals surface area contributed by atoms with Gasteiger partial charge in [0.25, 0.3) is 0 Å². The zero-order valence-corrected chi connectivity index (χ0v) is 9.93. The summed E-state index contributed by atoms with van der Waals surface area (Å²) in [5.74, 6) is 1.02. The maximum atomic E-state index is 5.63. The molecule has 1 aromatic carbocycles. The van der Waals surface area contributed by atoms with E-state index in [1.165, 1.54) is 4.90 Å². The lowest BCUT2D eigenvalue weighted by molar-refractivity contribution is 0.00695. The Hall–Kier alpha value is -0.470. The van der Waals surface area contributed by atoms with Crippen LogP contribution >= 0.6 is 11.8 Å². The van der Waals surface area contributed by atoms with Crippen molar-refractivity contribution in [2.75, 3.05) is 12.4 Å². The number of thioether (sulfide) groups is 1. The molecule has 1 nitrogen and oxygen atoms in total. The molecule has 0 amide bonds. The van der Waals surface area contributed by atoms with Crippen molar-refractivity contribution in [2.24, 2.45) is 0 Å². The van der Waals surface area contributed by atoms with Gasteiger partial charge in [-0.3, -0.25) is 0 Å². The van der Waals surface area contributed by atoms with E-state index >= 15 is 0 Å². The summed E-state index contributed by atoms with van der Waals surface area (Å²) in [5, 5.41) is 0. The third kappa shape index (κ3) is 5.30. The second-order valence-corrected chi connectivity index (χ2v) is 5.29. The lowest BCUT2D eigenvalue weighted by Crippen LogP contribution is -2.20. The van der Waals surface area contributed by atoms with Crippen molar-refractivity contribution in [3.63, 3.8) is 0 Å². The molecule has 0 aliphatic rings. The number of ether oxygens (including phenoxy) is 1. The molecule has 0 radical (unpaired) electrons. The molecule has 0 saturated carbocycles. The van der Waals surface area contributed by atoms with Crippen LogP contribution in [0.3, 0.4) is 0 Å². The van der Waals surface area contributed by atoms with Crippen LogP contribution in [0, 0.1) is 0 Å². The lowest BCUT2D eigenvalue weighted by atomic mass is 10.2. The summed E-state index contributed by atoms with van der Waals surface area (Å²) in [4.78, 5) is 1.31. The van der Waals surface area contributed by atoms with Crippen molar-refractivity contribution in [3.8, 4) is 0 Å². The van der Waals surface area contributed by atoms with Crippen LogP contribution in [0.4, 0.5) is 0 Å². The fourth-order valence-corrected chi connectivity index (χ4v) is 1.78. The highest BCUT2D eigenvalue weighted by molar-refractivity contribution is 7.99. The number of benzene rings is 1. The van der Waals surface area contributed by atoms with E-state index in [1.54, 1.807) is 0 Å². The molecule has 0 N–H and O–H groups in total. The van der Waals surface area contributed by atoms with Gasteiger partial charge in [-0.15, -0.1) is 11.8 Å². The zero-order valence-electron chi connectivity index (χ0n) is 9.12. The molecule has 0 bridgehead atoms. The Morgan fingerprint density at radius 3 is 2.36 bits per heavy atom. The summed E-state index contributed by atoms with van der Waals surface area (Å²) in [7, 11) is 0. The van der Waals surface area contributed by atoms with Crippen LogP contribution in [0.2, 0.25) is 0 Å². The average molecular weight is 210 g/mol. The molecule has 0 saturated heterocycles. The van der Waals surface area contributed by atoms with E-state index in [1.807, 2.05) is 17.8 Å². The van der Waals surface area contributed by atoms with E-state index in [9.17, 15) is 0 Å². The van der Waals surface area contributed by atoms with Crippen LogP contribution in [0.1, 0.15) is 20.8 Å². The lowest BCUT2D eigenvalue weighted by Gasteiger charge is -2.19. The molecule has 0 unspecified atom stereocenters. The van der Waals surface area contributed by atoms with Gasteiger partial charge in [0, 0.05) is 10.6 Å². The highest BCUT2D eigenvalue weighted by Gasteiger charge is 2.08. The third-order valence-corrected chi connectivity index (χ3v) is 2.61. The smallest absolute Gasteiger partial charge is 0.0598 e. The van der Waals surface area contributed by atoms with E-state index in [4.69, 9.17) is 4.74 Å². The molecular weight excluding hydrogens is 192 g/mol. The monoisotopic (exact) mass is 210 g/mol. The minimum atomic E-state index is -0.0166. The molecule has 1 aromatic rings. The summed E-state index contributed by atoms with van der Waals surface area (Å²) < 4.78 is 5.63. The molecule has 78 valence electrons. The molecule has 0 aliphatic heterocycles. The predicted molar refractivity (Wildman–Crippen MR) is 62.9 cm³/mol. The van der Waals surface area contributed by atoms with Crippen LogP contribution in [-0.2, 0) is 4.74 Å². The summed E-state index contributed by atoms with van der Waals surface area (Å²) in [6.45, 7) is 7.06. The molecular formula is C12H18OS. The summed E-state index contributed by atoms with van der Waals surface area (Å²) >= 11 is 1.84. The first-order valence-corrected chi connectivity index (χ1v) is 5.88. The van der Waals surface area contributed by atoms with Crippen molar-refractivity contribution in [3.05, 3.63) is 30.3 Å². The van der Waals surface area contributed by atoms with Gasteiger partial charge in [0.2, 0.25) is 0 Å². The summed E-state index contributed by atoms with van der Waals surface area (Å²) in [5.41, 5.74) is -0.0166. The Labute approximate surface area is 90.9 Å². The van der Waals surface area contributed by atoms with Crippen molar-refractivity contribution in [1.82, 2.24) is 0 Å². The molecule has 0 fully saturated rings. The van der Waals surface area contributed by atoms with Gasteiger partial charge in [-0.2, -0.15) is 0 Å². The van der Waals surface area contributed by atoms with Crippen LogP contribution in [0.5, 0.6) is 0 Å². The van der Waals surface area contributed by atoms with Gasteiger partial charge in [-0.1, -0.05) is 18.2 Å². The Kier molecular flexibility index (Phi) is 4.49. The Balaban J connectivity index is 2.17. The fourth-order valence-electron chi connectivity index (χ4n) is 1.02. The van der Waals surface area contributed by atoms with E-state index in [0.717, 1.165) is 12.4 Å². The highest BCUT2D eigenvalue weighted by Crippen LogP contribution is 2.17. The molecule has 0 aliphatic carbocycles. The molecule has 0 aromatic heterocycles. The minimum absolute atomic E-state index is 0.0166. The number of rotatable bonds is 4. The maximum Gasteiger partial charge on any atom is 0.0598 e. The first-order chi connectivity index (χ1) is 6.58. The predicted octanol–water partition coefficient (Wildman–Crippen LogP) is 3.59.